The highest BCUT2D eigenvalue weighted by atomic mass is 16.2. The van der Waals surface area contributed by atoms with Gasteiger partial charge in [0.2, 0.25) is 5.91 Å². The molecule has 0 unspecified atom stereocenters. The molecule has 1 aromatic heterocycles. The Morgan fingerprint density at radius 3 is 2.65 bits per heavy atom. The van der Waals surface area contributed by atoms with Gasteiger partial charge in [0, 0.05) is 18.0 Å². The molecule has 3 N–H and O–H groups in total. The maximum Gasteiger partial charge on any atom is 0.275 e. The van der Waals surface area contributed by atoms with Crippen LogP contribution in [0.25, 0.3) is 10.8 Å². The fourth-order valence-corrected chi connectivity index (χ4v) is 3.04. The van der Waals surface area contributed by atoms with Crippen LogP contribution in [-0.2, 0) is 4.79 Å². The van der Waals surface area contributed by atoms with Crippen LogP contribution in [0, 0.1) is 5.92 Å². The van der Waals surface area contributed by atoms with E-state index in [1.54, 1.807) is 29.2 Å². The summed E-state index contributed by atoms with van der Waals surface area (Å²) in [5.41, 5.74) is 5.24. The number of aromatic nitrogens is 2. The van der Waals surface area contributed by atoms with E-state index >= 15 is 0 Å². The maximum atomic E-state index is 12.9. The van der Waals surface area contributed by atoms with E-state index in [0.29, 0.717) is 23.6 Å². The van der Waals surface area contributed by atoms with Gasteiger partial charge in [0.1, 0.15) is 0 Å². The smallest absolute Gasteiger partial charge is 0.275 e. The molecule has 1 aliphatic rings. The topological polar surface area (TPSA) is 109 Å². The zero-order chi connectivity index (χ0) is 16.6. The van der Waals surface area contributed by atoms with Crippen molar-refractivity contribution in [3.63, 3.8) is 0 Å². The minimum Gasteiger partial charge on any atom is -0.369 e. The molecule has 7 heteroatoms. The fraction of sp³-hybridized carbons (Fsp3) is 0.375. The average molecular weight is 314 g/mol. The van der Waals surface area contributed by atoms with Crippen molar-refractivity contribution < 1.29 is 9.59 Å². The zero-order valence-electron chi connectivity index (χ0n) is 12.8. The van der Waals surface area contributed by atoms with Gasteiger partial charge >= 0.3 is 0 Å². The molecule has 2 atom stereocenters. The molecule has 2 heterocycles. The monoisotopic (exact) mass is 314 g/mol. The van der Waals surface area contributed by atoms with Crippen LogP contribution < -0.4 is 11.3 Å². The maximum absolute atomic E-state index is 12.9. The van der Waals surface area contributed by atoms with Crippen molar-refractivity contribution in [1.29, 1.82) is 0 Å². The summed E-state index contributed by atoms with van der Waals surface area (Å²) in [5, 5.41) is 7.24. The molecule has 0 saturated carbocycles. The molecule has 0 spiro atoms. The first-order valence-corrected chi connectivity index (χ1v) is 7.56. The zero-order valence-corrected chi connectivity index (χ0v) is 12.8. The highest BCUT2D eigenvalue weighted by Gasteiger charge is 2.33. The van der Waals surface area contributed by atoms with Crippen LogP contribution in [-0.4, -0.2) is 39.5 Å². The van der Waals surface area contributed by atoms with Gasteiger partial charge in [0.05, 0.1) is 11.3 Å². The number of aromatic amines is 1. The predicted octanol–water partition coefficient (Wildman–Crippen LogP) is 0.649. The minimum absolute atomic E-state index is 0.00871. The van der Waals surface area contributed by atoms with E-state index in [2.05, 4.69) is 10.2 Å². The van der Waals surface area contributed by atoms with Crippen molar-refractivity contribution in [1.82, 2.24) is 15.1 Å². The van der Waals surface area contributed by atoms with E-state index in [0.717, 1.165) is 0 Å². The van der Waals surface area contributed by atoms with Crippen LogP contribution >= 0.6 is 0 Å². The summed E-state index contributed by atoms with van der Waals surface area (Å²) in [7, 11) is 0. The number of hydrogen-bond donors (Lipinski definition) is 2. The molecule has 0 aliphatic carbocycles. The highest BCUT2D eigenvalue weighted by Crippen LogP contribution is 2.24. The molecule has 7 nitrogen and oxygen atoms in total. The number of benzene rings is 1. The Labute approximate surface area is 132 Å². The number of nitrogens with two attached hydrogens (primary N) is 1. The Morgan fingerprint density at radius 2 is 1.96 bits per heavy atom. The van der Waals surface area contributed by atoms with Gasteiger partial charge in [-0.1, -0.05) is 18.2 Å². The second-order valence-electron chi connectivity index (χ2n) is 5.93. The standard InChI is InChI=1S/C16H18N4O3/c1-9-6-7-10(14(17)21)8-20(9)16(23)13-11-4-2-3-5-12(11)15(22)19-18-13/h2-5,9-10H,6-8H2,1H3,(H2,17,21)(H,19,22)/t9-,10+/m0/s1. The SMILES string of the molecule is C[C@H]1CC[C@@H](C(N)=O)CN1C(=O)c1n[nH]c(=O)c2ccccc12. The lowest BCUT2D eigenvalue weighted by Gasteiger charge is -2.36. The first-order valence-electron chi connectivity index (χ1n) is 7.56. The number of carbonyl (C=O) groups excluding carboxylic acids is 2. The van der Waals surface area contributed by atoms with Crippen LogP contribution in [0.2, 0.25) is 0 Å². The van der Waals surface area contributed by atoms with Gasteiger partial charge in [0.25, 0.3) is 11.5 Å². The van der Waals surface area contributed by atoms with Gasteiger partial charge in [-0.05, 0) is 25.8 Å². The van der Waals surface area contributed by atoms with Crippen LogP contribution in [0.3, 0.4) is 0 Å². The molecule has 1 aromatic carbocycles. The van der Waals surface area contributed by atoms with Gasteiger partial charge in [-0.15, -0.1) is 0 Å². The molecule has 120 valence electrons. The second-order valence-corrected chi connectivity index (χ2v) is 5.93. The molecule has 2 aromatic rings. The van der Waals surface area contributed by atoms with Gasteiger partial charge in [-0.2, -0.15) is 5.10 Å². The number of amides is 2. The van der Waals surface area contributed by atoms with Crippen LogP contribution in [0.4, 0.5) is 0 Å². The average Bonchev–Trinajstić information content (AvgIpc) is 2.55. The molecule has 1 fully saturated rings. The fourth-order valence-electron chi connectivity index (χ4n) is 3.04. The molecule has 2 amide bonds. The lowest BCUT2D eigenvalue weighted by molar-refractivity contribution is -0.123. The number of rotatable bonds is 2. The van der Waals surface area contributed by atoms with Gasteiger partial charge in [0.15, 0.2) is 5.69 Å². The number of piperidine rings is 1. The summed E-state index contributed by atoms with van der Waals surface area (Å²) in [6, 6.07) is 6.83. The Hall–Kier alpha value is -2.70. The Kier molecular flexibility index (Phi) is 3.85. The van der Waals surface area contributed by atoms with Crippen molar-refractivity contribution in [2.45, 2.75) is 25.8 Å². The molecule has 1 aliphatic heterocycles. The highest BCUT2D eigenvalue weighted by molar-refractivity contribution is 6.05. The van der Waals surface area contributed by atoms with Crippen LogP contribution in [0.15, 0.2) is 29.1 Å². The van der Waals surface area contributed by atoms with E-state index in [9.17, 15) is 14.4 Å². The number of likely N-dealkylation sites (tertiary alicyclic amines) is 1. The third-order valence-electron chi connectivity index (χ3n) is 4.44. The molecule has 0 bridgehead atoms. The number of fused-ring (bicyclic) bond motifs is 1. The lowest BCUT2D eigenvalue weighted by Crippen LogP contribution is -2.49. The predicted molar refractivity (Wildman–Crippen MR) is 84.8 cm³/mol. The number of nitrogens with one attached hydrogen (secondary N) is 1. The summed E-state index contributed by atoms with van der Waals surface area (Å²) >= 11 is 0. The molecular weight excluding hydrogens is 296 g/mol. The molecule has 1 saturated heterocycles. The van der Waals surface area contributed by atoms with Crippen molar-refractivity contribution in [3.05, 3.63) is 40.3 Å². The van der Waals surface area contributed by atoms with Crippen molar-refractivity contribution in [3.8, 4) is 0 Å². The number of hydrogen-bond acceptors (Lipinski definition) is 4. The number of primary amides is 1. The summed E-state index contributed by atoms with van der Waals surface area (Å²) in [6.45, 7) is 2.22. The van der Waals surface area contributed by atoms with E-state index in [1.165, 1.54) is 0 Å². The van der Waals surface area contributed by atoms with Crippen LogP contribution in [0.1, 0.15) is 30.3 Å². The Morgan fingerprint density at radius 1 is 1.26 bits per heavy atom. The Balaban J connectivity index is 2.01. The quantitative estimate of drug-likeness (QED) is 0.848. The minimum atomic E-state index is -0.394. The summed E-state index contributed by atoms with van der Waals surface area (Å²) < 4.78 is 0. The molecule has 23 heavy (non-hydrogen) atoms. The molecular formula is C16H18N4O3. The van der Waals surface area contributed by atoms with Crippen molar-refractivity contribution >= 4 is 22.6 Å². The number of nitrogens with zero attached hydrogens (tertiary/aromatic N) is 2. The normalized spacial score (nSPS) is 21.3. The first kappa shape index (κ1) is 15.2. The van der Waals surface area contributed by atoms with Gasteiger partial charge in [-0.25, -0.2) is 5.10 Å². The Bertz CT molecular complexity index is 829. The van der Waals surface area contributed by atoms with Crippen molar-refractivity contribution in [2.75, 3.05) is 6.54 Å². The molecule has 0 radical (unpaired) electrons. The largest absolute Gasteiger partial charge is 0.369 e. The summed E-state index contributed by atoms with van der Waals surface area (Å²) in [5.74, 6) is -1.03. The van der Waals surface area contributed by atoms with Gasteiger partial charge < -0.3 is 10.6 Å². The van der Waals surface area contributed by atoms with Crippen molar-refractivity contribution in [2.24, 2.45) is 11.7 Å². The number of H-pyrrole nitrogens is 1. The molecule has 3 rings (SSSR count). The lowest BCUT2D eigenvalue weighted by atomic mass is 9.92. The van der Waals surface area contributed by atoms with E-state index in [1.807, 2.05) is 6.92 Å². The van der Waals surface area contributed by atoms with Crippen LogP contribution in [0.5, 0.6) is 0 Å². The third-order valence-corrected chi connectivity index (χ3v) is 4.44. The third kappa shape index (κ3) is 2.69. The number of carbonyl (C=O) groups is 2. The van der Waals surface area contributed by atoms with E-state index in [-0.39, 0.29) is 35.7 Å². The first-order chi connectivity index (χ1) is 11.0. The van der Waals surface area contributed by atoms with Gasteiger partial charge in [-0.3, -0.25) is 14.4 Å². The summed E-state index contributed by atoms with van der Waals surface area (Å²) in [6.07, 6.45) is 1.39. The summed E-state index contributed by atoms with van der Waals surface area (Å²) in [4.78, 5) is 37.8. The van der Waals surface area contributed by atoms with E-state index < -0.39 is 5.91 Å². The second kappa shape index (κ2) is 5.83. The van der Waals surface area contributed by atoms with E-state index in [4.69, 9.17) is 5.73 Å².